The third kappa shape index (κ3) is 4.90. The van der Waals surface area contributed by atoms with Crippen LogP contribution in [0.3, 0.4) is 0 Å². The van der Waals surface area contributed by atoms with Crippen molar-refractivity contribution in [1.29, 1.82) is 5.26 Å². The lowest BCUT2D eigenvalue weighted by Crippen LogP contribution is -2.55. The number of fused-ring (bicyclic) bond motifs is 1. The summed E-state index contributed by atoms with van der Waals surface area (Å²) in [7, 11) is 2.29. The van der Waals surface area contributed by atoms with E-state index in [4.69, 9.17) is 13.9 Å². The number of carbonyl (C=O) groups excluding carboxylic acids is 1. The van der Waals surface area contributed by atoms with Gasteiger partial charge in [0.2, 0.25) is 5.89 Å². The molecule has 1 unspecified atom stereocenters. The average Bonchev–Trinajstić information content (AvgIpc) is 3.77. The minimum absolute atomic E-state index is 0.0337. The number of carbonyl (C=O) groups is 1. The molecule has 3 heterocycles. The van der Waals surface area contributed by atoms with Crippen LogP contribution in [0.4, 0.5) is 5.69 Å². The Morgan fingerprint density at radius 1 is 1.09 bits per heavy atom. The van der Waals surface area contributed by atoms with E-state index >= 15 is 4.79 Å². The number of aromatic nitrogens is 1. The van der Waals surface area contributed by atoms with E-state index in [9.17, 15) is 18.8 Å². The predicted octanol–water partition coefficient (Wildman–Crippen LogP) is 3.41. The van der Waals surface area contributed by atoms with Gasteiger partial charge < -0.3 is 23.9 Å². The summed E-state index contributed by atoms with van der Waals surface area (Å²) >= 11 is 0. The molecule has 12 nitrogen and oxygen atoms in total. The minimum Gasteiger partial charge on any atom is -0.497 e. The fourth-order valence-electron chi connectivity index (χ4n) is 6.54. The summed E-state index contributed by atoms with van der Waals surface area (Å²) in [4.78, 5) is 23.3. The lowest BCUT2D eigenvalue weighted by molar-refractivity contribution is -0.127. The van der Waals surface area contributed by atoms with Crippen molar-refractivity contribution in [3.05, 3.63) is 101 Å². The zero-order valence-electron chi connectivity index (χ0n) is 25.7. The van der Waals surface area contributed by atoms with Crippen LogP contribution < -0.4 is 13.8 Å². The number of oxazole rings is 1. The minimum atomic E-state index is -4.51. The number of amides is 1. The van der Waals surface area contributed by atoms with Gasteiger partial charge in [-0.15, -0.1) is 0 Å². The molecule has 3 aromatic carbocycles. The van der Waals surface area contributed by atoms with Crippen LogP contribution in [0.5, 0.6) is 11.5 Å². The summed E-state index contributed by atoms with van der Waals surface area (Å²) in [6.45, 7) is 0.542. The highest BCUT2D eigenvalue weighted by molar-refractivity contribution is 7.93. The number of aliphatic hydroxyl groups is 1. The molecular weight excluding hydrogens is 610 g/mol. The first-order valence-electron chi connectivity index (χ1n) is 14.5. The normalized spacial score (nSPS) is 21.4. The van der Waals surface area contributed by atoms with Gasteiger partial charge in [-0.05, 0) is 74.6 Å². The number of aliphatic hydroxyl groups excluding tert-OH is 1. The van der Waals surface area contributed by atoms with Crippen molar-refractivity contribution in [3.8, 4) is 17.6 Å². The monoisotopic (exact) mass is 643 g/mol. The second kappa shape index (κ2) is 11.9. The van der Waals surface area contributed by atoms with Gasteiger partial charge in [0.05, 0.1) is 54.8 Å². The molecule has 4 aromatic rings. The fraction of sp³-hybridized carbons (Fsp3) is 0.303. The first kappa shape index (κ1) is 31.3. The van der Waals surface area contributed by atoms with Gasteiger partial charge in [0.15, 0.2) is 5.54 Å². The van der Waals surface area contributed by atoms with Gasteiger partial charge in [-0.1, -0.05) is 12.1 Å². The molecule has 1 amide bonds. The molecule has 0 radical (unpaired) electrons. The first-order valence-corrected chi connectivity index (χ1v) is 15.9. The molecule has 6 rings (SSSR count). The molecule has 2 aliphatic heterocycles. The summed E-state index contributed by atoms with van der Waals surface area (Å²) in [6.07, 6.45) is 2.13. The summed E-state index contributed by atoms with van der Waals surface area (Å²) < 4.78 is 46.6. The van der Waals surface area contributed by atoms with E-state index in [1.807, 2.05) is 31.1 Å². The third-order valence-corrected chi connectivity index (χ3v) is 10.1. The van der Waals surface area contributed by atoms with Gasteiger partial charge in [-0.2, -0.15) is 5.26 Å². The van der Waals surface area contributed by atoms with Crippen LogP contribution in [0.1, 0.15) is 40.6 Å². The maximum Gasteiger partial charge on any atom is 0.271 e. The number of likely N-dealkylation sites (tertiary alicyclic amines) is 1. The lowest BCUT2D eigenvalue weighted by atomic mass is 9.80. The first-order chi connectivity index (χ1) is 22.1. The highest BCUT2D eigenvalue weighted by Gasteiger charge is 2.63. The highest BCUT2D eigenvalue weighted by Crippen LogP contribution is 2.56. The summed E-state index contributed by atoms with van der Waals surface area (Å²) in [5.41, 5.74) is -0.108. The van der Waals surface area contributed by atoms with Crippen molar-refractivity contribution in [2.75, 3.05) is 39.2 Å². The molecule has 1 aromatic heterocycles. The average molecular weight is 644 g/mol. The number of nitriles is 1. The molecular formula is C33H33N5O7S. The Hall–Kier alpha value is -4.74. The Morgan fingerprint density at radius 2 is 1.85 bits per heavy atom. The maximum absolute atomic E-state index is 15.4. The van der Waals surface area contributed by atoms with Gasteiger partial charge in [0.1, 0.15) is 17.8 Å². The summed E-state index contributed by atoms with van der Waals surface area (Å²) in [5, 5.41) is 21.1. The molecule has 2 aliphatic rings. The van der Waals surface area contributed by atoms with Crippen LogP contribution in [-0.4, -0.2) is 75.2 Å². The second-order valence-corrected chi connectivity index (χ2v) is 13.3. The molecule has 238 valence electrons. The van der Waals surface area contributed by atoms with Crippen LogP contribution in [0, 0.1) is 11.3 Å². The van der Waals surface area contributed by atoms with Crippen LogP contribution in [0.15, 0.2) is 82.4 Å². The Labute approximate surface area is 267 Å². The quantitative estimate of drug-likeness (QED) is 0.286. The number of sulfonamides is 1. The van der Waals surface area contributed by atoms with Crippen molar-refractivity contribution in [2.24, 2.45) is 0 Å². The van der Waals surface area contributed by atoms with Crippen molar-refractivity contribution in [1.82, 2.24) is 14.8 Å². The van der Waals surface area contributed by atoms with Gasteiger partial charge in [-0.3, -0.25) is 9.69 Å². The zero-order chi connectivity index (χ0) is 32.8. The largest absolute Gasteiger partial charge is 0.497 e. The van der Waals surface area contributed by atoms with Crippen LogP contribution >= 0.6 is 0 Å². The number of hydrogen-bond donors (Lipinski definition) is 1. The van der Waals surface area contributed by atoms with E-state index in [2.05, 4.69) is 11.1 Å². The van der Waals surface area contributed by atoms with Crippen LogP contribution in [0.2, 0.25) is 0 Å². The Bertz CT molecular complexity index is 1920. The number of benzene rings is 3. The van der Waals surface area contributed by atoms with Gasteiger partial charge in [-0.25, -0.2) is 17.7 Å². The van der Waals surface area contributed by atoms with E-state index in [1.54, 1.807) is 11.0 Å². The van der Waals surface area contributed by atoms with Crippen molar-refractivity contribution < 1.29 is 32.2 Å². The number of methoxy groups -OCH3 is 2. The SMILES string of the molecule is COc1ccc(S(=O)(=O)N2C(=O)C(c3ccc(CN(C)C)cc3OC)(N3C[C@H](O)C[C@H]3c3ncco3)c3cc(C#N)ccc32)cc1. The third-order valence-electron chi connectivity index (χ3n) is 8.43. The Kier molecular flexibility index (Phi) is 8.07. The Balaban J connectivity index is 1.68. The molecule has 46 heavy (non-hydrogen) atoms. The topological polar surface area (TPSA) is 149 Å². The van der Waals surface area contributed by atoms with Gasteiger partial charge in [0, 0.05) is 24.2 Å². The molecule has 0 saturated carbocycles. The molecule has 3 atom stereocenters. The van der Waals surface area contributed by atoms with Gasteiger partial charge >= 0.3 is 0 Å². The number of ether oxygens (including phenoxy) is 2. The number of anilines is 1. The lowest BCUT2D eigenvalue weighted by Gasteiger charge is -2.41. The molecule has 1 N–H and O–H groups in total. The molecule has 0 spiro atoms. The molecule has 0 aliphatic carbocycles. The van der Waals surface area contributed by atoms with Crippen LogP contribution in [0.25, 0.3) is 0 Å². The number of rotatable bonds is 9. The molecule has 1 saturated heterocycles. The van der Waals surface area contributed by atoms with E-state index in [0.717, 1.165) is 9.87 Å². The number of hydrogen-bond acceptors (Lipinski definition) is 11. The van der Waals surface area contributed by atoms with E-state index in [0.29, 0.717) is 23.6 Å². The number of β-amino-alcohol motifs (C(OH)–C–C–N with tert-alkyl or cyclic N) is 1. The second-order valence-electron chi connectivity index (χ2n) is 11.5. The van der Waals surface area contributed by atoms with Gasteiger partial charge in [0.25, 0.3) is 15.9 Å². The molecule has 13 heteroatoms. The number of nitrogens with zero attached hydrogens (tertiary/aromatic N) is 5. The molecule has 1 fully saturated rings. The van der Waals surface area contributed by atoms with Crippen LogP contribution in [-0.2, 0) is 26.9 Å². The standard InChI is InChI=1S/C33H33N5O7S/c1-36(2)19-22-5-11-26(30(16-22)44-4)33(37-20-23(39)17-29(37)31-35-13-14-45-31)27-15-21(18-34)6-12-28(27)38(32(33)40)46(41,42)25-9-7-24(43-3)8-10-25/h5-16,23,29,39H,17,19-20H2,1-4H3/t23-,29+,33?/m1/s1. The predicted molar refractivity (Wildman–Crippen MR) is 167 cm³/mol. The maximum atomic E-state index is 15.4. The van der Waals surface area contributed by atoms with Crippen molar-refractivity contribution in [3.63, 3.8) is 0 Å². The van der Waals surface area contributed by atoms with E-state index < -0.39 is 33.6 Å². The smallest absolute Gasteiger partial charge is 0.271 e. The zero-order valence-corrected chi connectivity index (χ0v) is 26.6. The molecule has 0 bridgehead atoms. The summed E-state index contributed by atoms with van der Waals surface area (Å²) in [6, 6.07) is 17.0. The van der Waals surface area contributed by atoms with Crippen molar-refractivity contribution >= 4 is 21.6 Å². The van der Waals surface area contributed by atoms with E-state index in [1.165, 1.54) is 69.1 Å². The Morgan fingerprint density at radius 3 is 2.48 bits per heavy atom. The highest BCUT2D eigenvalue weighted by atomic mass is 32.2. The van der Waals surface area contributed by atoms with E-state index in [-0.39, 0.29) is 40.6 Å². The summed E-state index contributed by atoms with van der Waals surface area (Å²) in [5.74, 6) is 0.207. The van der Waals surface area contributed by atoms with Crippen molar-refractivity contribution in [2.45, 2.75) is 35.5 Å². The fourth-order valence-corrected chi connectivity index (χ4v) is 8.00.